The van der Waals surface area contributed by atoms with Crippen LogP contribution in [-0.2, 0) is 20.7 Å². The molecule has 1 rings (SSSR count). The third-order valence-corrected chi connectivity index (χ3v) is 5.86. The largest absolute Gasteiger partial charge is 0.474 e. The number of hydrogen-bond acceptors (Lipinski definition) is 4. The third-order valence-electron chi connectivity index (χ3n) is 3.26. The number of benzene rings is 1. The molecular formula is C17H25O4P. The highest BCUT2D eigenvalue weighted by atomic mass is 31.1. The predicted molar refractivity (Wildman–Crippen MR) is 89.9 cm³/mol. The van der Waals surface area contributed by atoms with E-state index in [1.165, 1.54) is 0 Å². The van der Waals surface area contributed by atoms with E-state index in [4.69, 9.17) is 9.47 Å². The highest BCUT2D eigenvalue weighted by Gasteiger charge is 2.29. The van der Waals surface area contributed by atoms with Gasteiger partial charge in [-0.25, -0.2) is 4.79 Å². The van der Waals surface area contributed by atoms with Gasteiger partial charge in [-0.2, -0.15) is 0 Å². The fraction of sp³-hybridized carbons (Fsp3) is 0.529. The summed E-state index contributed by atoms with van der Waals surface area (Å²) >= 11 is 0. The van der Waals surface area contributed by atoms with Crippen LogP contribution in [0, 0.1) is 0 Å². The molecule has 0 bridgehead atoms. The SMILES string of the molecule is CCOC(=O)C(Oc1ccc(CC(C)=O)cc1)P(CC)CC. The first kappa shape index (κ1) is 18.6. The Morgan fingerprint density at radius 3 is 2.14 bits per heavy atom. The maximum Gasteiger partial charge on any atom is 0.351 e. The van der Waals surface area contributed by atoms with Crippen LogP contribution >= 0.6 is 7.92 Å². The Hall–Kier alpha value is -1.41. The lowest BCUT2D eigenvalue weighted by Gasteiger charge is -2.25. The molecule has 0 fully saturated rings. The molecule has 0 radical (unpaired) electrons. The van der Waals surface area contributed by atoms with E-state index in [1.807, 2.05) is 24.3 Å². The molecular weight excluding hydrogens is 299 g/mol. The van der Waals surface area contributed by atoms with Crippen molar-refractivity contribution in [1.29, 1.82) is 0 Å². The van der Waals surface area contributed by atoms with Gasteiger partial charge < -0.3 is 9.47 Å². The van der Waals surface area contributed by atoms with Gasteiger partial charge in [-0.15, -0.1) is 0 Å². The minimum absolute atomic E-state index is 0.124. The summed E-state index contributed by atoms with van der Waals surface area (Å²) in [5.74, 6) is -0.0490. The Morgan fingerprint density at radius 2 is 1.68 bits per heavy atom. The molecule has 122 valence electrons. The van der Waals surface area contributed by atoms with E-state index in [0.29, 0.717) is 18.8 Å². The maximum absolute atomic E-state index is 12.1. The summed E-state index contributed by atoms with van der Waals surface area (Å²) in [7, 11) is -0.567. The summed E-state index contributed by atoms with van der Waals surface area (Å²) in [6.07, 6.45) is 2.24. The zero-order valence-corrected chi connectivity index (χ0v) is 14.7. The van der Waals surface area contributed by atoms with Gasteiger partial charge in [0.15, 0.2) is 0 Å². The van der Waals surface area contributed by atoms with Crippen LogP contribution in [0.2, 0.25) is 0 Å². The van der Waals surface area contributed by atoms with Crippen molar-refractivity contribution in [3.63, 3.8) is 0 Å². The molecule has 0 amide bonds. The fourth-order valence-corrected chi connectivity index (χ4v) is 3.90. The summed E-state index contributed by atoms with van der Waals surface area (Å²) in [5.41, 5.74) is 0.945. The van der Waals surface area contributed by atoms with Gasteiger partial charge in [0.25, 0.3) is 0 Å². The van der Waals surface area contributed by atoms with Crippen LogP contribution in [0.5, 0.6) is 5.75 Å². The summed E-state index contributed by atoms with van der Waals surface area (Å²) in [6, 6.07) is 7.34. The first-order chi connectivity index (χ1) is 10.5. The Balaban J connectivity index is 2.84. The van der Waals surface area contributed by atoms with Gasteiger partial charge in [0.05, 0.1) is 6.61 Å². The van der Waals surface area contributed by atoms with Crippen molar-refractivity contribution < 1.29 is 19.1 Å². The lowest BCUT2D eigenvalue weighted by atomic mass is 10.1. The van der Waals surface area contributed by atoms with E-state index in [-0.39, 0.29) is 11.8 Å². The van der Waals surface area contributed by atoms with E-state index in [0.717, 1.165) is 17.9 Å². The van der Waals surface area contributed by atoms with Gasteiger partial charge in [0, 0.05) is 6.42 Å². The summed E-state index contributed by atoms with van der Waals surface area (Å²) in [5, 5.41) is 0. The van der Waals surface area contributed by atoms with Gasteiger partial charge >= 0.3 is 5.97 Å². The maximum atomic E-state index is 12.1. The standard InChI is InChI=1S/C17H25O4P/c1-5-20-16(19)17(22(6-2)7-3)21-15-10-8-14(9-11-15)12-13(4)18/h8-11,17H,5-7,12H2,1-4H3. The monoisotopic (exact) mass is 324 g/mol. The minimum atomic E-state index is -0.567. The Labute approximate surface area is 133 Å². The minimum Gasteiger partial charge on any atom is -0.474 e. The highest BCUT2D eigenvalue weighted by molar-refractivity contribution is 7.59. The molecule has 0 aliphatic rings. The van der Waals surface area contributed by atoms with E-state index >= 15 is 0 Å². The van der Waals surface area contributed by atoms with Gasteiger partial charge in [-0.05, 0) is 43.9 Å². The van der Waals surface area contributed by atoms with E-state index < -0.39 is 13.8 Å². The van der Waals surface area contributed by atoms with Crippen molar-refractivity contribution in [2.45, 2.75) is 40.0 Å². The van der Waals surface area contributed by atoms with Gasteiger partial charge in [-0.3, -0.25) is 4.79 Å². The van der Waals surface area contributed by atoms with Crippen LogP contribution in [0.1, 0.15) is 33.3 Å². The summed E-state index contributed by atoms with van der Waals surface area (Å²) < 4.78 is 11.0. The molecule has 1 unspecified atom stereocenters. The smallest absolute Gasteiger partial charge is 0.351 e. The number of carbonyl (C=O) groups is 2. The molecule has 5 heteroatoms. The normalized spacial score (nSPS) is 12.0. The molecule has 0 N–H and O–H groups in total. The van der Waals surface area contributed by atoms with Crippen molar-refractivity contribution in [1.82, 2.24) is 0 Å². The number of hydrogen-bond donors (Lipinski definition) is 0. The Kier molecular flexibility index (Phi) is 8.11. The van der Waals surface area contributed by atoms with Crippen LogP contribution in [0.4, 0.5) is 0 Å². The molecule has 1 aromatic rings. The van der Waals surface area contributed by atoms with Crippen LogP contribution < -0.4 is 4.74 Å². The second kappa shape index (κ2) is 9.58. The number of ether oxygens (including phenoxy) is 2. The van der Waals surface area contributed by atoms with Crippen molar-refractivity contribution in [2.24, 2.45) is 0 Å². The first-order valence-electron chi connectivity index (χ1n) is 7.67. The predicted octanol–water partition coefficient (Wildman–Crippen LogP) is 3.61. The molecule has 4 nitrogen and oxygen atoms in total. The van der Waals surface area contributed by atoms with Crippen LogP contribution in [0.25, 0.3) is 0 Å². The number of esters is 1. The second-order valence-electron chi connectivity index (χ2n) is 4.97. The third kappa shape index (κ3) is 5.76. The molecule has 0 saturated heterocycles. The number of Topliss-reactive ketones (excluding diaryl/α,β-unsaturated/α-hetero) is 1. The number of ketones is 1. The summed E-state index contributed by atoms with van der Waals surface area (Å²) in [6.45, 7) is 7.86. The molecule has 0 aliphatic heterocycles. The lowest BCUT2D eigenvalue weighted by molar-refractivity contribution is -0.147. The summed E-state index contributed by atoms with van der Waals surface area (Å²) in [4.78, 5) is 23.3. The van der Waals surface area contributed by atoms with Crippen LogP contribution in [0.3, 0.4) is 0 Å². The molecule has 0 saturated carbocycles. The van der Waals surface area contributed by atoms with E-state index in [9.17, 15) is 9.59 Å². The van der Waals surface area contributed by atoms with Gasteiger partial charge in [0.1, 0.15) is 11.5 Å². The molecule has 0 heterocycles. The lowest BCUT2D eigenvalue weighted by Crippen LogP contribution is -2.29. The zero-order valence-electron chi connectivity index (χ0n) is 13.8. The van der Waals surface area contributed by atoms with Crippen molar-refractivity contribution in [3.8, 4) is 5.75 Å². The molecule has 1 atom stereocenters. The quantitative estimate of drug-likeness (QED) is 0.514. The number of rotatable bonds is 9. The van der Waals surface area contributed by atoms with Gasteiger partial charge in [0.2, 0.25) is 5.85 Å². The zero-order chi connectivity index (χ0) is 16.5. The van der Waals surface area contributed by atoms with Crippen molar-refractivity contribution >= 4 is 19.7 Å². The Morgan fingerprint density at radius 1 is 1.09 bits per heavy atom. The van der Waals surface area contributed by atoms with Crippen LogP contribution in [-0.4, -0.2) is 36.5 Å². The van der Waals surface area contributed by atoms with Crippen LogP contribution in [0.15, 0.2) is 24.3 Å². The number of carbonyl (C=O) groups excluding carboxylic acids is 2. The molecule has 0 spiro atoms. The molecule has 1 aromatic carbocycles. The fourth-order valence-electron chi connectivity index (χ4n) is 2.14. The van der Waals surface area contributed by atoms with Crippen molar-refractivity contribution in [2.75, 3.05) is 18.9 Å². The average molecular weight is 324 g/mol. The second-order valence-corrected chi connectivity index (χ2v) is 7.88. The molecule has 22 heavy (non-hydrogen) atoms. The Bertz CT molecular complexity index is 480. The highest BCUT2D eigenvalue weighted by Crippen LogP contribution is 2.42. The first-order valence-corrected chi connectivity index (χ1v) is 9.45. The average Bonchev–Trinajstić information content (AvgIpc) is 2.49. The molecule has 0 aliphatic carbocycles. The van der Waals surface area contributed by atoms with Gasteiger partial charge in [-0.1, -0.05) is 33.9 Å². The van der Waals surface area contributed by atoms with Crippen molar-refractivity contribution in [3.05, 3.63) is 29.8 Å². The van der Waals surface area contributed by atoms with E-state index in [1.54, 1.807) is 13.8 Å². The topological polar surface area (TPSA) is 52.6 Å². The molecule has 0 aromatic heterocycles. The van der Waals surface area contributed by atoms with E-state index in [2.05, 4.69) is 13.8 Å².